The summed E-state index contributed by atoms with van der Waals surface area (Å²) in [5, 5.41) is 13.1. The fraction of sp³-hybridized carbons (Fsp3) is 0.600. The van der Waals surface area contributed by atoms with Crippen molar-refractivity contribution in [2.75, 3.05) is 20.1 Å². The van der Waals surface area contributed by atoms with Crippen LogP contribution in [0.1, 0.15) is 32.3 Å². The number of nitrogens with one attached hydrogen (secondary N) is 1. The van der Waals surface area contributed by atoms with Gasteiger partial charge in [-0.25, -0.2) is 0 Å². The molecule has 0 aliphatic carbocycles. The fourth-order valence-electron chi connectivity index (χ4n) is 1.76. The highest BCUT2D eigenvalue weighted by Gasteiger charge is 2.02. The summed E-state index contributed by atoms with van der Waals surface area (Å²) in [6, 6.07) is 5.95. The predicted octanol–water partition coefficient (Wildman–Crippen LogP) is 3.26. The molecule has 0 spiro atoms. The van der Waals surface area contributed by atoms with Crippen LogP contribution in [0, 0.1) is 0 Å². The Balaban J connectivity index is 2.12. The molecule has 0 unspecified atom stereocenters. The number of nitrogens with zero attached hydrogens (tertiary/aromatic N) is 1. The van der Waals surface area contributed by atoms with Crippen LogP contribution < -0.4 is 5.32 Å². The highest BCUT2D eigenvalue weighted by molar-refractivity contribution is 6.32. The molecule has 1 aromatic carbocycles. The summed E-state index contributed by atoms with van der Waals surface area (Å²) in [5.74, 6) is 0.141. The van der Waals surface area contributed by atoms with Crippen molar-refractivity contribution >= 4 is 11.6 Å². The van der Waals surface area contributed by atoms with Crippen molar-refractivity contribution < 1.29 is 5.11 Å². The highest BCUT2D eigenvalue weighted by atomic mass is 35.5. The van der Waals surface area contributed by atoms with E-state index in [2.05, 4.69) is 31.1 Å². The van der Waals surface area contributed by atoms with Crippen LogP contribution in [0.4, 0.5) is 0 Å². The van der Waals surface area contributed by atoms with E-state index in [1.807, 2.05) is 6.07 Å². The summed E-state index contributed by atoms with van der Waals surface area (Å²) in [4.78, 5) is 2.36. The molecule has 0 bridgehead atoms. The lowest BCUT2D eigenvalue weighted by Gasteiger charge is -2.20. The fourth-order valence-corrected chi connectivity index (χ4v) is 1.97. The Kier molecular flexibility index (Phi) is 7.21. The lowest BCUT2D eigenvalue weighted by atomic mass is 10.2. The van der Waals surface area contributed by atoms with Gasteiger partial charge >= 0.3 is 0 Å². The molecule has 19 heavy (non-hydrogen) atoms. The van der Waals surface area contributed by atoms with Crippen molar-refractivity contribution in [2.24, 2.45) is 0 Å². The summed E-state index contributed by atoms with van der Waals surface area (Å²) in [7, 11) is 2.16. The number of aromatic hydroxyl groups is 1. The quantitative estimate of drug-likeness (QED) is 0.719. The molecule has 2 N–H and O–H groups in total. The van der Waals surface area contributed by atoms with Crippen LogP contribution in [0.15, 0.2) is 18.2 Å². The molecule has 0 amide bonds. The summed E-state index contributed by atoms with van der Waals surface area (Å²) >= 11 is 5.86. The van der Waals surface area contributed by atoms with Crippen LogP contribution in [-0.4, -0.2) is 36.2 Å². The Bertz CT molecular complexity index is 382. The average molecular weight is 285 g/mol. The zero-order valence-corrected chi connectivity index (χ0v) is 12.9. The van der Waals surface area contributed by atoms with Crippen molar-refractivity contribution in [3.8, 4) is 5.75 Å². The van der Waals surface area contributed by atoms with Crippen LogP contribution >= 0.6 is 11.6 Å². The maximum Gasteiger partial charge on any atom is 0.134 e. The summed E-state index contributed by atoms with van der Waals surface area (Å²) in [6.07, 6.45) is 2.38. The second kappa shape index (κ2) is 8.41. The number of hydrogen-bond donors (Lipinski definition) is 2. The van der Waals surface area contributed by atoms with E-state index in [4.69, 9.17) is 11.6 Å². The third-order valence-electron chi connectivity index (χ3n) is 3.34. The summed E-state index contributed by atoms with van der Waals surface area (Å²) < 4.78 is 0. The number of phenols is 1. The molecule has 1 rings (SSSR count). The van der Waals surface area contributed by atoms with Crippen LogP contribution in [0.25, 0.3) is 0 Å². The zero-order valence-electron chi connectivity index (χ0n) is 12.1. The Morgan fingerprint density at radius 2 is 2.05 bits per heavy atom. The van der Waals surface area contributed by atoms with E-state index in [1.165, 1.54) is 12.8 Å². The van der Waals surface area contributed by atoms with Gasteiger partial charge in [0.25, 0.3) is 0 Å². The number of rotatable bonds is 8. The van der Waals surface area contributed by atoms with E-state index in [0.717, 1.165) is 25.2 Å². The third kappa shape index (κ3) is 6.28. The molecule has 0 fully saturated rings. The SMILES string of the molecule is CC(C)N(C)CCCCNCc1ccc(O)c(Cl)c1. The van der Waals surface area contributed by atoms with Crippen LogP contribution in [0.5, 0.6) is 5.75 Å². The van der Waals surface area contributed by atoms with Gasteiger partial charge in [0.2, 0.25) is 0 Å². The topological polar surface area (TPSA) is 35.5 Å². The largest absolute Gasteiger partial charge is 0.506 e. The van der Waals surface area contributed by atoms with E-state index in [-0.39, 0.29) is 5.75 Å². The van der Waals surface area contributed by atoms with Gasteiger partial charge in [-0.3, -0.25) is 0 Å². The molecule has 0 saturated heterocycles. The van der Waals surface area contributed by atoms with Gasteiger partial charge in [0.1, 0.15) is 5.75 Å². The van der Waals surface area contributed by atoms with Gasteiger partial charge in [0.05, 0.1) is 5.02 Å². The lowest BCUT2D eigenvalue weighted by molar-refractivity contribution is 0.268. The van der Waals surface area contributed by atoms with Crippen molar-refractivity contribution in [3.63, 3.8) is 0 Å². The molecule has 4 heteroatoms. The van der Waals surface area contributed by atoms with Crippen LogP contribution in [0.3, 0.4) is 0 Å². The number of hydrogen-bond acceptors (Lipinski definition) is 3. The summed E-state index contributed by atoms with van der Waals surface area (Å²) in [5.41, 5.74) is 1.10. The number of unbranched alkanes of at least 4 members (excludes halogenated alkanes) is 1. The standard InChI is InChI=1S/C15H25ClN2O/c1-12(2)18(3)9-5-4-8-17-11-13-6-7-15(19)14(16)10-13/h6-7,10,12,17,19H,4-5,8-9,11H2,1-3H3. The van der Waals surface area contributed by atoms with Crippen molar-refractivity contribution in [2.45, 2.75) is 39.3 Å². The Labute approximate surface area is 121 Å². The van der Waals surface area contributed by atoms with Crippen molar-refractivity contribution in [3.05, 3.63) is 28.8 Å². The smallest absolute Gasteiger partial charge is 0.134 e. The van der Waals surface area contributed by atoms with Gasteiger partial charge in [0, 0.05) is 12.6 Å². The Morgan fingerprint density at radius 3 is 2.68 bits per heavy atom. The van der Waals surface area contributed by atoms with Crippen LogP contribution in [0.2, 0.25) is 5.02 Å². The van der Waals surface area contributed by atoms with Gasteiger partial charge in [-0.05, 0) is 64.5 Å². The maximum atomic E-state index is 9.33. The average Bonchev–Trinajstić information content (AvgIpc) is 2.37. The van der Waals surface area contributed by atoms with Crippen molar-refractivity contribution in [1.82, 2.24) is 10.2 Å². The Morgan fingerprint density at radius 1 is 1.32 bits per heavy atom. The van der Waals surface area contributed by atoms with Crippen LogP contribution in [-0.2, 0) is 6.54 Å². The summed E-state index contributed by atoms with van der Waals surface area (Å²) in [6.45, 7) is 7.37. The van der Waals surface area contributed by atoms with Crippen molar-refractivity contribution in [1.29, 1.82) is 0 Å². The van der Waals surface area contributed by atoms with Gasteiger partial charge in [-0.1, -0.05) is 17.7 Å². The molecule has 0 aliphatic rings. The molecule has 0 aliphatic heterocycles. The second-order valence-electron chi connectivity index (χ2n) is 5.24. The first-order valence-corrected chi connectivity index (χ1v) is 7.27. The minimum atomic E-state index is 0.141. The molecule has 3 nitrogen and oxygen atoms in total. The first-order valence-electron chi connectivity index (χ1n) is 6.89. The van der Waals surface area contributed by atoms with Gasteiger partial charge in [0.15, 0.2) is 0 Å². The minimum Gasteiger partial charge on any atom is -0.506 e. The van der Waals surface area contributed by atoms with Gasteiger partial charge < -0.3 is 15.3 Å². The number of halogens is 1. The predicted molar refractivity (Wildman–Crippen MR) is 81.8 cm³/mol. The molecule has 0 heterocycles. The van der Waals surface area contributed by atoms with Gasteiger partial charge in [-0.2, -0.15) is 0 Å². The van der Waals surface area contributed by atoms with E-state index in [0.29, 0.717) is 11.1 Å². The number of phenolic OH excluding ortho intramolecular Hbond substituents is 1. The molecule has 0 radical (unpaired) electrons. The lowest BCUT2D eigenvalue weighted by Crippen LogP contribution is -2.27. The minimum absolute atomic E-state index is 0.141. The Hall–Kier alpha value is -0.770. The number of benzene rings is 1. The van der Waals surface area contributed by atoms with E-state index >= 15 is 0 Å². The molecule has 0 aromatic heterocycles. The van der Waals surface area contributed by atoms with E-state index in [9.17, 15) is 5.11 Å². The normalized spacial score (nSPS) is 11.5. The molecular formula is C15H25ClN2O. The molecule has 0 atom stereocenters. The first-order chi connectivity index (χ1) is 9.00. The second-order valence-corrected chi connectivity index (χ2v) is 5.65. The molecular weight excluding hydrogens is 260 g/mol. The maximum absolute atomic E-state index is 9.33. The van der Waals surface area contributed by atoms with E-state index in [1.54, 1.807) is 12.1 Å². The first kappa shape index (κ1) is 16.3. The van der Waals surface area contributed by atoms with E-state index < -0.39 is 0 Å². The third-order valence-corrected chi connectivity index (χ3v) is 3.64. The molecule has 0 saturated carbocycles. The zero-order chi connectivity index (χ0) is 14.3. The monoisotopic (exact) mass is 284 g/mol. The molecule has 1 aromatic rings. The molecule has 108 valence electrons. The van der Waals surface area contributed by atoms with Gasteiger partial charge in [-0.15, -0.1) is 0 Å². The highest BCUT2D eigenvalue weighted by Crippen LogP contribution is 2.23.